The molecule has 0 saturated carbocycles. The Labute approximate surface area is 764 Å². The van der Waals surface area contributed by atoms with Crippen molar-refractivity contribution >= 4 is 260 Å². The summed E-state index contributed by atoms with van der Waals surface area (Å²) in [6, 6.07) is -11.8. The van der Waals surface area contributed by atoms with Crippen LogP contribution in [-0.4, -0.2) is 340 Å². The van der Waals surface area contributed by atoms with E-state index in [9.17, 15) is 139 Å². The number of rotatable bonds is 63. The molecule has 0 bridgehead atoms. The Morgan fingerprint density at radius 1 is 0.140 bits per heavy atom. The van der Waals surface area contributed by atoms with Gasteiger partial charge in [-0.05, 0) is 0 Å². The largest absolute Gasteiger partial charge is 0.548 e. The molecule has 0 aliphatic carbocycles. The maximum absolute atomic E-state index is 10.5. The van der Waals surface area contributed by atoms with Gasteiger partial charge < -0.3 is 213 Å². The van der Waals surface area contributed by atoms with Crippen molar-refractivity contribution in [3.8, 4) is 0 Å². The molecule has 0 heterocycles. The Kier molecular flexibility index (Phi) is 100. The summed E-state index contributed by atoms with van der Waals surface area (Å²) in [6.07, 6.45) is 0. The predicted molar refractivity (Wildman–Crippen MR) is 429 cm³/mol. The standard InChI is InChI=1S/7C8H16N2O4S2.2Re/c7*11-7(12)5(3-15)9-1-2-10-6(4-16)8(13)14;;/h7*5-6,9-10,15-16H,1-4H2,(H,11,12)(H,13,14);;/p-14/t7*5-,6-;;/m0000000../s1. The molecule has 0 fully saturated rings. The molecule has 2 radical (unpaired) electrons. The molecule has 672 valence electrons. The molecular formula is C56H98N14O28Re2S14-14. The zero-order valence-electron chi connectivity index (χ0n) is 60.3. The minimum absolute atomic E-state index is 0. The second-order valence-corrected chi connectivity index (χ2v) is 26.2. The summed E-state index contributed by atoms with van der Waals surface area (Å²) in [6.45, 7) is 4.04. The fourth-order valence-electron chi connectivity index (χ4n) is 6.56. The number of carbonyl (C=O) groups excluding carboxylic acids is 14. The van der Waals surface area contributed by atoms with Crippen LogP contribution in [0.25, 0.3) is 0 Å². The first-order valence-electron chi connectivity index (χ1n) is 32.4. The minimum Gasteiger partial charge on any atom is -0.548 e. The number of thiol groups is 14. The summed E-state index contributed by atoms with van der Waals surface area (Å²) in [5, 5.41) is 184. The number of hydrogen-bond donors (Lipinski definition) is 28. The van der Waals surface area contributed by atoms with Crippen molar-refractivity contribution in [1.82, 2.24) is 74.4 Å². The monoisotopic (exact) mass is 2240 g/mol. The smallest absolute Gasteiger partial charge is 0.0592 e. The number of aliphatic carboxylic acids is 14. The maximum Gasteiger partial charge on any atom is 0.0592 e. The van der Waals surface area contributed by atoms with Crippen LogP contribution in [0, 0.1) is 0 Å². The van der Waals surface area contributed by atoms with Crippen molar-refractivity contribution in [3.63, 3.8) is 0 Å². The molecule has 0 amide bonds. The van der Waals surface area contributed by atoms with Crippen molar-refractivity contribution in [2.45, 2.75) is 84.6 Å². The van der Waals surface area contributed by atoms with E-state index >= 15 is 0 Å². The van der Waals surface area contributed by atoms with Crippen molar-refractivity contribution in [3.05, 3.63) is 0 Å². The molecule has 0 unspecified atom stereocenters. The molecule has 58 heteroatoms. The topological polar surface area (TPSA) is 730 Å². The number of hydrogen-bond acceptors (Lipinski definition) is 56. The van der Waals surface area contributed by atoms with Gasteiger partial charge in [0.25, 0.3) is 0 Å². The summed E-state index contributed by atoms with van der Waals surface area (Å²) in [4.78, 5) is 146. The summed E-state index contributed by atoms with van der Waals surface area (Å²) >= 11 is 53.6. The molecule has 0 aliphatic rings. The van der Waals surface area contributed by atoms with Crippen LogP contribution in [0.2, 0.25) is 0 Å². The molecule has 0 aromatic heterocycles. The van der Waals surface area contributed by atoms with Gasteiger partial charge in [-0.25, -0.2) is 0 Å². The fraction of sp³-hybridized carbons (Fsp3) is 0.750. The fourth-order valence-corrected chi connectivity index (χ4v) is 10.5. The van der Waals surface area contributed by atoms with E-state index in [-0.39, 0.29) is 213 Å². The molecule has 0 rings (SSSR count). The van der Waals surface area contributed by atoms with Crippen molar-refractivity contribution < 1.29 is 179 Å². The number of carboxylic acids is 14. The second kappa shape index (κ2) is 87.6. The van der Waals surface area contributed by atoms with Gasteiger partial charge in [0, 0.05) is 213 Å². The molecule has 0 spiro atoms. The van der Waals surface area contributed by atoms with Crippen molar-refractivity contribution in [2.24, 2.45) is 0 Å². The van der Waals surface area contributed by atoms with Gasteiger partial charge in [-0.15, -0.1) is 0 Å². The molecule has 0 aliphatic heterocycles. The van der Waals surface area contributed by atoms with Crippen LogP contribution in [0.15, 0.2) is 0 Å². The first-order valence-corrected chi connectivity index (χ1v) is 41.2. The molecule has 0 aromatic rings. The van der Waals surface area contributed by atoms with Crippen molar-refractivity contribution in [1.29, 1.82) is 0 Å². The van der Waals surface area contributed by atoms with Crippen molar-refractivity contribution in [2.75, 3.05) is 172 Å². The van der Waals surface area contributed by atoms with E-state index in [1.807, 2.05) is 0 Å². The quantitative estimate of drug-likeness (QED) is 0.0199. The minimum atomic E-state index is -1.24. The Balaban J connectivity index is -0.000000161. The zero-order valence-corrected chi connectivity index (χ0v) is 78.3. The molecule has 114 heavy (non-hydrogen) atoms. The van der Waals surface area contributed by atoms with Gasteiger partial charge in [0.1, 0.15) is 0 Å². The number of nitrogens with one attached hydrogen (secondary N) is 14. The average Bonchev–Trinajstić information content (AvgIpc) is 0.978. The summed E-state index contributed by atoms with van der Waals surface area (Å²) < 4.78 is 0. The van der Waals surface area contributed by atoms with Crippen LogP contribution in [0.5, 0.6) is 0 Å². The van der Waals surface area contributed by atoms with E-state index in [0.29, 0.717) is 0 Å². The maximum atomic E-state index is 10.5. The normalized spacial score (nSPS) is 14.1. The van der Waals surface area contributed by atoms with Gasteiger partial charge in [0.2, 0.25) is 0 Å². The van der Waals surface area contributed by atoms with E-state index < -0.39 is 168 Å². The van der Waals surface area contributed by atoms with Crippen LogP contribution < -0.4 is 146 Å². The van der Waals surface area contributed by atoms with E-state index in [1.165, 1.54) is 0 Å². The molecular weight excluding hydrogens is 2140 g/mol. The second-order valence-electron chi connectivity index (χ2n) is 21.1. The van der Waals surface area contributed by atoms with Gasteiger partial charge in [0.05, 0.1) is 168 Å². The summed E-state index contributed by atoms with van der Waals surface area (Å²) in [7, 11) is 0. The van der Waals surface area contributed by atoms with Crippen LogP contribution in [0.1, 0.15) is 0 Å². The van der Waals surface area contributed by atoms with Crippen LogP contribution >= 0.6 is 177 Å². The van der Waals surface area contributed by atoms with Gasteiger partial charge in [-0.3, -0.25) is 0 Å². The zero-order chi connectivity index (χ0) is 87.9. The van der Waals surface area contributed by atoms with E-state index in [2.05, 4.69) is 251 Å². The van der Waals surface area contributed by atoms with Gasteiger partial charge in [-0.2, -0.15) is 177 Å². The Morgan fingerprint density at radius 2 is 0.184 bits per heavy atom. The van der Waals surface area contributed by atoms with E-state index in [4.69, 9.17) is 0 Å². The Bertz CT molecular complexity index is 2000. The van der Waals surface area contributed by atoms with Crippen LogP contribution in [0.4, 0.5) is 0 Å². The molecule has 42 nitrogen and oxygen atoms in total. The van der Waals surface area contributed by atoms with E-state index in [0.717, 1.165) is 0 Å². The van der Waals surface area contributed by atoms with Crippen LogP contribution in [0.3, 0.4) is 0 Å². The first kappa shape index (κ1) is 130. The number of carbonyl (C=O) groups is 14. The third-order valence-corrected chi connectivity index (χ3v) is 18.0. The molecule has 14 N–H and O–H groups in total. The molecule has 14 atom stereocenters. The van der Waals surface area contributed by atoms with Crippen LogP contribution in [-0.2, 0) is 108 Å². The first-order chi connectivity index (χ1) is 52.7. The third kappa shape index (κ3) is 76.4. The number of carboxylic acid groups (broad SMARTS) is 14. The Morgan fingerprint density at radius 3 is 0.211 bits per heavy atom. The average molecular weight is 2240 g/mol. The third-order valence-electron chi connectivity index (χ3n) is 12.9. The van der Waals surface area contributed by atoms with Gasteiger partial charge in [0.15, 0.2) is 0 Å². The molecule has 0 saturated heterocycles. The van der Waals surface area contributed by atoms with Gasteiger partial charge >= 0.3 is 0 Å². The SMILES string of the molecule is O=C([O-])[C@H](CS)NCCN[C@@H](CS)C(=O)[O-].O=C([O-])[C@H](CS)NCCN[C@@H](CS)C(=O)[O-].O=C([O-])[C@H](CS)NCCN[C@@H](CS)C(=O)[O-].O=C([O-])[C@H](CS)NCCN[C@@H](CS)C(=O)[O-].O=C([O-])[C@H](CS)NCCN[C@@H](CS)C(=O)[O-].O=C([O-])[C@H](CS)NCCN[C@@H](CS)C(=O)[O-].O=C([O-])[C@H](CS)NCCN[C@@H](CS)C(=O)[O-].[Re].[Re]. The summed E-state index contributed by atoms with van der Waals surface area (Å²) in [5.41, 5.74) is 0. The predicted octanol–water partition coefficient (Wildman–Crippen LogP) is -26.2. The van der Waals surface area contributed by atoms with E-state index in [1.54, 1.807) is 0 Å². The Hall–Kier alpha value is -1.76. The molecule has 0 aromatic carbocycles. The van der Waals surface area contributed by atoms with Gasteiger partial charge in [-0.1, -0.05) is 0 Å². The summed E-state index contributed by atoms with van der Waals surface area (Å²) in [5.74, 6) is -15.8.